The molecule has 2 aliphatic rings. The lowest BCUT2D eigenvalue weighted by molar-refractivity contribution is -0.115. The van der Waals surface area contributed by atoms with Crippen LogP contribution in [-0.4, -0.2) is 16.1 Å². The zero-order chi connectivity index (χ0) is 21.5. The van der Waals surface area contributed by atoms with Gasteiger partial charge in [0.25, 0.3) is 11.8 Å². The zero-order valence-electron chi connectivity index (χ0n) is 16.1. The number of amides is 2. The first-order valence-electron chi connectivity index (χ1n) is 9.56. The van der Waals surface area contributed by atoms with Crippen LogP contribution in [0.1, 0.15) is 11.1 Å². The van der Waals surface area contributed by atoms with Gasteiger partial charge in [-0.15, -0.1) is 0 Å². The van der Waals surface area contributed by atoms with E-state index in [0.717, 1.165) is 28.6 Å². The largest absolute Gasteiger partial charge is 0.303 e. The molecule has 0 saturated carbocycles. The van der Waals surface area contributed by atoms with E-state index < -0.39 is 0 Å². The predicted molar refractivity (Wildman–Crippen MR) is 130 cm³/mol. The molecule has 0 atom stereocenters. The fraction of sp³-hybridized carbons (Fsp3) is 0.0417. The summed E-state index contributed by atoms with van der Waals surface area (Å²) in [6, 6.07) is 24.2. The number of thiocarbonyl (C=S) groups is 1. The van der Waals surface area contributed by atoms with Gasteiger partial charge in [0, 0.05) is 10.6 Å². The van der Waals surface area contributed by atoms with E-state index in [2.05, 4.69) is 0 Å². The number of nitrogens with zero attached hydrogens (tertiary/aromatic N) is 2. The summed E-state index contributed by atoms with van der Waals surface area (Å²) in [4.78, 5) is 30.4. The van der Waals surface area contributed by atoms with Gasteiger partial charge in [-0.2, -0.15) is 0 Å². The van der Waals surface area contributed by atoms with Crippen LogP contribution in [0.4, 0.5) is 11.4 Å². The number of hydrogen-bond acceptors (Lipinski definition) is 4. The number of carbonyl (C=O) groups is 2. The Hall–Kier alpha value is -2.93. The summed E-state index contributed by atoms with van der Waals surface area (Å²) in [6.45, 7) is 0.428. The second-order valence-electron chi connectivity index (χ2n) is 7.08. The van der Waals surface area contributed by atoms with Crippen molar-refractivity contribution in [2.24, 2.45) is 0 Å². The van der Waals surface area contributed by atoms with E-state index in [1.54, 1.807) is 29.2 Å². The number of anilines is 2. The summed E-state index contributed by atoms with van der Waals surface area (Å²) >= 11 is 12.6. The molecule has 3 aromatic carbocycles. The van der Waals surface area contributed by atoms with Gasteiger partial charge in [-0.05, 0) is 35.9 Å². The van der Waals surface area contributed by atoms with E-state index in [-0.39, 0.29) is 11.8 Å². The Labute approximate surface area is 194 Å². The second-order valence-corrected chi connectivity index (χ2v) is 9.16. The van der Waals surface area contributed by atoms with Crippen molar-refractivity contribution < 1.29 is 9.59 Å². The highest BCUT2D eigenvalue weighted by Gasteiger charge is 2.42. The average Bonchev–Trinajstić information content (AvgIpc) is 3.22. The van der Waals surface area contributed by atoms with Crippen LogP contribution in [-0.2, 0) is 16.1 Å². The summed E-state index contributed by atoms with van der Waals surface area (Å²) in [5.74, 6) is -0.487. The number of hydrogen-bond donors (Lipinski definition) is 0. The molecule has 2 amide bonds. The standard InChI is InChI=1S/C24H15ClN2O2S2/c25-16-10-12-17(13-11-16)27-23(29)21(31-24(27)30)20-18-8-4-5-9-19(18)26(22(20)28)14-15-6-2-1-3-7-15/h1-13H,14H2. The summed E-state index contributed by atoms with van der Waals surface area (Å²) in [5.41, 5.74) is 3.59. The molecule has 0 spiro atoms. The van der Waals surface area contributed by atoms with Crippen molar-refractivity contribution in [3.63, 3.8) is 0 Å². The highest BCUT2D eigenvalue weighted by atomic mass is 35.5. The van der Waals surface area contributed by atoms with Crippen molar-refractivity contribution >= 4 is 68.7 Å². The van der Waals surface area contributed by atoms with Crippen molar-refractivity contribution in [1.82, 2.24) is 0 Å². The van der Waals surface area contributed by atoms with Gasteiger partial charge in [0.2, 0.25) is 0 Å². The Kier molecular flexibility index (Phi) is 5.14. The van der Waals surface area contributed by atoms with Gasteiger partial charge in [0.15, 0.2) is 4.32 Å². The van der Waals surface area contributed by atoms with E-state index in [4.69, 9.17) is 23.8 Å². The third-order valence-electron chi connectivity index (χ3n) is 5.19. The zero-order valence-corrected chi connectivity index (χ0v) is 18.5. The smallest absolute Gasteiger partial charge is 0.271 e. The first-order chi connectivity index (χ1) is 15.0. The molecule has 4 nitrogen and oxygen atoms in total. The Morgan fingerprint density at radius 3 is 2.26 bits per heavy atom. The Bertz CT molecular complexity index is 1260. The van der Waals surface area contributed by atoms with Gasteiger partial charge in [0.1, 0.15) is 0 Å². The first kappa shape index (κ1) is 20.0. The molecule has 1 fully saturated rings. The van der Waals surface area contributed by atoms with Crippen LogP contribution in [0.5, 0.6) is 0 Å². The maximum absolute atomic E-state index is 13.5. The van der Waals surface area contributed by atoms with Crippen LogP contribution in [0.25, 0.3) is 5.57 Å². The lowest BCUT2D eigenvalue weighted by Gasteiger charge is -2.17. The van der Waals surface area contributed by atoms with E-state index in [9.17, 15) is 9.59 Å². The maximum atomic E-state index is 13.5. The number of thioether (sulfide) groups is 1. The summed E-state index contributed by atoms with van der Waals surface area (Å²) in [6.07, 6.45) is 0. The van der Waals surface area contributed by atoms with E-state index >= 15 is 0 Å². The molecule has 2 aliphatic heterocycles. The molecule has 5 rings (SSSR count). The van der Waals surface area contributed by atoms with Crippen molar-refractivity contribution in [1.29, 1.82) is 0 Å². The summed E-state index contributed by atoms with van der Waals surface area (Å²) in [7, 11) is 0. The number of benzene rings is 3. The number of halogens is 1. The quantitative estimate of drug-likeness (QED) is 0.372. The molecule has 0 aliphatic carbocycles. The van der Waals surface area contributed by atoms with Gasteiger partial charge in [0.05, 0.1) is 28.4 Å². The molecule has 31 heavy (non-hydrogen) atoms. The van der Waals surface area contributed by atoms with Gasteiger partial charge in [-0.25, -0.2) is 0 Å². The monoisotopic (exact) mass is 462 g/mol. The van der Waals surface area contributed by atoms with Gasteiger partial charge >= 0.3 is 0 Å². The first-order valence-corrected chi connectivity index (χ1v) is 11.2. The SMILES string of the molecule is O=C1C(=C2SC(=S)N(c3ccc(Cl)cc3)C2=O)c2ccccc2N1Cc1ccccc1. The van der Waals surface area contributed by atoms with Crippen LogP contribution < -0.4 is 9.80 Å². The molecular formula is C24H15ClN2O2S2. The number of fused-ring (bicyclic) bond motifs is 1. The van der Waals surface area contributed by atoms with Crippen LogP contribution in [0.2, 0.25) is 5.02 Å². The van der Waals surface area contributed by atoms with Crippen LogP contribution >= 0.6 is 35.6 Å². The Morgan fingerprint density at radius 1 is 0.839 bits per heavy atom. The topological polar surface area (TPSA) is 40.6 Å². The van der Waals surface area contributed by atoms with E-state index in [1.807, 2.05) is 54.6 Å². The fourth-order valence-corrected chi connectivity index (χ4v) is 5.25. The number of para-hydroxylation sites is 1. The highest BCUT2D eigenvalue weighted by Crippen LogP contribution is 2.46. The number of carbonyl (C=O) groups excluding carboxylic acids is 2. The Morgan fingerprint density at radius 2 is 1.52 bits per heavy atom. The molecule has 3 aromatic rings. The third kappa shape index (κ3) is 3.47. The molecule has 7 heteroatoms. The number of rotatable bonds is 3. The lowest BCUT2D eigenvalue weighted by atomic mass is 10.1. The second kappa shape index (κ2) is 7.96. The van der Waals surface area contributed by atoms with Gasteiger partial charge in [-0.3, -0.25) is 14.5 Å². The van der Waals surface area contributed by atoms with Crippen molar-refractivity contribution in [2.75, 3.05) is 9.80 Å². The molecule has 0 radical (unpaired) electrons. The minimum absolute atomic E-state index is 0.193. The van der Waals surface area contributed by atoms with E-state index in [0.29, 0.717) is 32.1 Å². The van der Waals surface area contributed by atoms with Gasteiger partial charge < -0.3 is 4.90 Å². The maximum Gasteiger partial charge on any atom is 0.271 e. The molecule has 0 bridgehead atoms. The normalized spacial score (nSPS) is 18.2. The fourth-order valence-electron chi connectivity index (χ4n) is 3.75. The van der Waals surface area contributed by atoms with Crippen LogP contribution in [0, 0.1) is 0 Å². The van der Waals surface area contributed by atoms with E-state index in [1.165, 1.54) is 4.90 Å². The minimum atomic E-state index is -0.294. The molecule has 2 heterocycles. The van der Waals surface area contributed by atoms with Crippen molar-refractivity contribution in [3.05, 3.63) is 99.9 Å². The lowest BCUT2D eigenvalue weighted by Crippen LogP contribution is -2.29. The van der Waals surface area contributed by atoms with Crippen molar-refractivity contribution in [3.8, 4) is 0 Å². The molecule has 0 unspecified atom stereocenters. The van der Waals surface area contributed by atoms with Gasteiger partial charge in [-0.1, -0.05) is 84.1 Å². The molecule has 0 aromatic heterocycles. The van der Waals surface area contributed by atoms with Crippen LogP contribution in [0.3, 0.4) is 0 Å². The predicted octanol–water partition coefficient (Wildman–Crippen LogP) is 5.66. The molecular weight excluding hydrogens is 448 g/mol. The highest BCUT2D eigenvalue weighted by molar-refractivity contribution is 8.27. The summed E-state index contributed by atoms with van der Waals surface area (Å²) in [5, 5.41) is 0.573. The molecule has 152 valence electrons. The summed E-state index contributed by atoms with van der Waals surface area (Å²) < 4.78 is 0.390. The van der Waals surface area contributed by atoms with Crippen molar-refractivity contribution in [2.45, 2.75) is 6.54 Å². The Balaban J connectivity index is 1.58. The molecule has 1 saturated heterocycles. The molecule has 0 N–H and O–H groups in total. The minimum Gasteiger partial charge on any atom is -0.303 e. The third-order valence-corrected chi connectivity index (χ3v) is 6.81. The average molecular weight is 463 g/mol. The van der Waals surface area contributed by atoms with Crippen LogP contribution in [0.15, 0.2) is 83.8 Å².